The summed E-state index contributed by atoms with van der Waals surface area (Å²) in [5.74, 6) is 0. The van der Waals surface area contributed by atoms with E-state index < -0.39 is 0 Å². The first-order valence-electron chi connectivity index (χ1n) is 8.45. The van der Waals surface area contributed by atoms with Crippen molar-refractivity contribution in [1.29, 1.82) is 5.26 Å². The molecule has 3 nitrogen and oxygen atoms in total. The molecule has 1 aliphatic heterocycles. The van der Waals surface area contributed by atoms with Gasteiger partial charge in [0, 0.05) is 30.0 Å². The van der Waals surface area contributed by atoms with E-state index in [1.165, 1.54) is 31.5 Å². The second kappa shape index (κ2) is 6.22. The average molecular weight is 307 g/mol. The van der Waals surface area contributed by atoms with Gasteiger partial charge in [-0.2, -0.15) is 5.26 Å². The van der Waals surface area contributed by atoms with E-state index in [0.717, 1.165) is 28.1 Å². The van der Waals surface area contributed by atoms with E-state index in [1.54, 1.807) is 0 Å². The van der Waals surface area contributed by atoms with Crippen LogP contribution in [0.25, 0.3) is 11.1 Å². The Bertz CT molecular complexity index is 758. The van der Waals surface area contributed by atoms with Crippen molar-refractivity contribution in [3.05, 3.63) is 46.8 Å². The minimum atomic E-state index is 0.438. The highest BCUT2D eigenvalue weighted by Gasteiger charge is 2.21. The molecule has 120 valence electrons. The van der Waals surface area contributed by atoms with Gasteiger partial charge in [-0.3, -0.25) is 4.90 Å². The molecule has 0 aliphatic carbocycles. The van der Waals surface area contributed by atoms with E-state index in [1.807, 2.05) is 14.0 Å². The quantitative estimate of drug-likeness (QED) is 0.845. The molecule has 0 N–H and O–H groups in total. The molecule has 1 fully saturated rings. The maximum Gasteiger partial charge on any atom is 0.102 e. The number of nitriles is 1. The molecule has 0 radical (unpaired) electrons. The van der Waals surface area contributed by atoms with Gasteiger partial charge < -0.3 is 4.57 Å². The van der Waals surface area contributed by atoms with Crippen molar-refractivity contribution >= 4 is 0 Å². The van der Waals surface area contributed by atoms with E-state index in [-0.39, 0.29) is 0 Å². The van der Waals surface area contributed by atoms with Crippen LogP contribution in [0.2, 0.25) is 0 Å². The van der Waals surface area contributed by atoms with E-state index in [0.29, 0.717) is 6.04 Å². The van der Waals surface area contributed by atoms with E-state index in [9.17, 15) is 5.26 Å². The highest BCUT2D eigenvalue weighted by molar-refractivity contribution is 5.75. The van der Waals surface area contributed by atoms with Crippen molar-refractivity contribution < 1.29 is 0 Å². The fourth-order valence-corrected chi connectivity index (χ4v) is 3.73. The second-order valence-corrected chi connectivity index (χ2v) is 6.64. The smallest absolute Gasteiger partial charge is 0.102 e. The van der Waals surface area contributed by atoms with Crippen LogP contribution in [0, 0.1) is 25.2 Å². The zero-order valence-corrected chi connectivity index (χ0v) is 14.6. The molecule has 1 atom stereocenters. The van der Waals surface area contributed by atoms with E-state index in [4.69, 9.17) is 0 Å². The highest BCUT2D eigenvalue weighted by Crippen LogP contribution is 2.34. The molecule has 0 spiro atoms. The van der Waals surface area contributed by atoms with Gasteiger partial charge in [0.05, 0.1) is 5.56 Å². The van der Waals surface area contributed by atoms with Crippen LogP contribution in [-0.2, 0) is 7.05 Å². The number of hydrogen-bond donors (Lipinski definition) is 0. The molecule has 1 saturated heterocycles. The van der Waals surface area contributed by atoms with Crippen LogP contribution in [0.1, 0.15) is 48.3 Å². The number of likely N-dealkylation sites (tertiary alicyclic amines) is 1. The summed E-state index contributed by atoms with van der Waals surface area (Å²) in [7, 11) is 2.03. The van der Waals surface area contributed by atoms with Crippen molar-refractivity contribution in [2.75, 3.05) is 13.1 Å². The Morgan fingerprint density at radius 1 is 1.13 bits per heavy atom. The van der Waals surface area contributed by atoms with Crippen molar-refractivity contribution in [1.82, 2.24) is 9.47 Å². The Labute approximate surface area is 139 Å². The van der Waals surface area contributed by atoms with E-state index in [2.05, 4.69) is 53.6 Å². The van der Waals surface area contributed by atoms with Gasteiger partial charge in [0.2, 0.25) is 0 Å². The molecular formula is C20H25N3. The van der Waals surface area contributed by atoms with Crippen LogP contribution < -0.4 is 0 Å². The summed E-state index contributed by atoms with van der Waals surface area (Å²) in [6.45, 7) is 8.79. The third-order valence-electron chi connectivity index (χ3n) is 5.44. The Morgan fingerprint density at radius 3 is 2.48 bits per heavy atom. The molecule has 0 unspecified atom stereocenters. The largest absolute Gasteiger partial charge is 0.350 e. The predicted molar refractivity (Wildman–Crippen MR) is 94.3 cm³/mol. The molecule has 1 aliphatic rings. The van der Waals surface area contributed by atoms with Crippen molar-refractivity contribution in [3.8, 4) is 17.2 Å². The number of benzene rings is 1. The minimum absolute atomic E-state index is 0.438. The van der Waals surface area contributed by atoms with Crippen molar-refractivity contribution in [3.63, 3.8) is 0 Å². The molecule has 1 aromatic heterocycles. The standard InChI is InChI=1S/C20H25N3/c1-14(23-10-5-6-11-23)17-8-7-9-18(12-17)20-16(3)22(4)15(2)19(20)13-21/h7-9,12,14H,5-6,10-11H2,1-4H3/t14-/m0/s1. The first-order valence-corrected chi connectivity index (χ1v) is 8.45. The lowest BCUT2D eigenvalue weighted by Gasteiger charge is -2.24. The summed E-state index contributed by atoms with van der Waals surface area (Å²) in [5, 5.41) is 9.58. The van der Waals surface area contributed by atoms with Crippen LogP contribution in [0.3, 0.4) is 0 Å². The lowest BCUT2D eigenvalue weighted by atomic mass is 9.97. The Morgan fingerprint density at radius 2 is 1.83 bits per heavy atom. The summed E-state index contributed by atoms with van der Waals surface area (Å²) in [4.78, 5) is 2.55. The van der Waals surface area contributed by atoms with Crippen LogP contribution in [0.4, 0.5) is 0 Å². The zero-order chi connectivity index (χ0) is 16.6. The molecular weight excluding hydrogens is 282 g/mol. The molecule has 0 saturated carbocycles. The lowest BCUT2D eigenvalue weighted by molar-refractivity contribution is 0.263. The first-order chi connectivity index (χ1) is 11.0. The third-order valence-corrected chi connectivity index (χ3v) is 5.44. The van der Waals surface area contributed by atoms with Crippen LogP contribution >= 0.6 is 0 Å². The maximum atomic E-state index is 9.58. The van der Waals surface area contributed by atoms with Gasteiger partial charge in [-0.15, -0.1) is 0 Å². The first kappa shape index (κ1) is 15.8. The van der Waals surface area contributed by atoms with Gasteiger partial charge in [0.15, 0.2) is 0 Å². The summed E-state index contributed by atoms with van der Waals surface area (Å²) >= 11 is 0. The Hall–Kier alpha value is -2.05. The van der Waals surface area contributed by atoms with Gasteiger partial charge in [-0.05, 0) is 63.9 Å². The monoisotopic (exact) mass is 307 g/mol. The molecule has 2 heterocycles. The minimum Gasteiger partial charge on any atom is -0.350 e. The topological polar surface area (TPSA) is 32.0 Å². The summed E-state index contributed by atoms with van der Waals surface area (Å²) < 4.78 is 2.12. The highest BCUT2D eigenvalue weighted by atomic mass is 15.2. The molecule has 0 amide bonds. The fraction of sp³-hybridized carbons (Fsp3) is 0.450. The number of rotatable bonds is 3. The van der Waals surface area contributed by atoms with Gasteiger partial charge >= 0.3 is 0 Å². The summed E-state index contributed by atoms with van der Waals surface area (Å²) in [6.07, 6.45) is 2.61. The zero-order valence-electron chi connectivity index (χ0n) is 14.6. The molecule has 3 heteroatoms. The SMILES string of the molecule is Cc1c(C#N)c(-c2cccc([C@H](C)N3CCCC3)c2)c(C)n1C. The third kappa shape index (κ3) is 2.68. The van der Waals surface area contributed by atoms with Crippen LogP contribution in [-0.4, -0.2) is 22.6 Å². The van der Waals surface area contributed by atoms with Gasteiger partial charge in [-0.25, -0.2) is 0 Å². The molecule has 1 aromatic carbocycles. The molecule has 23 heavy (non-hydrogen) atoms. The van der Waals surface area contributed by atoms with Gasteiger partial charge in [0.25, 0.3) is 0 Å². The molecule has 2 aromatic rings. The van der Waals surface area contributed by atoms with Crippen LogP contribution in [0.5, 0.6) is 0 Å². The number of aromatic nitrogens is 1. The predicted octanol–water partition coefficient (Wildman–Crippen LogP) is 4.34. The summed E-state index contributed by atoms with van der Waals surface area (Å²) in [6, 6.07) is 11.6. The normalized spacial score (nSPS) is 16.5. The fourth-order valence-electron chi connectivity index (χ4n) is 3.73. The number of nitrogens with zero attached hydrogens (tertiary/aromatic N) is 3. The Balaban J connectivity index is 2.04. The molecule has 3 rings (SSSR count). The lowest BCUT2D eigenvalue weighted by Crippen LogP contribution is -2.23. The van der Waals surface area contributed by atoms with E-state index >= 15 is 0 Å². The summed E-state index contributed by atoms with van der Waals surface area (Å²) in [5.41, 5.74) is 6.59. The van der Waals surface area contributed by atoms with Gasteiger partial charge in [0.1, 0.15) is 6.07 Å². The Kier molecular flexibility index (Phi) is 4.28. The second-order valence-electron chi connectivity index (χ2n) is 6.64. The van der Waals surface area contributed by atoms with Crippen molar-refractivity contribution in [2.45, 2.75) is 39.7 Å². The van der Waals surface area contributed by atoms with Crippen molar-refractivity contribution in [2.24, 2.45) is 7.05 Å². The van der Waals surface area contributed by atoms with Crippen LogP contribution in [0.15, 0.2) is 24.3 Å². The molecule has 0 bridgehead atoms. The maximum absolute atomic E-state index is 9.58. The number of hydrogen-bond acceptors (Lipinski definition) is 2. The van der Waals surface area contributed by atoms with Gasteiger partial charge in [-0.1, -0.05) is 18.2 Å². The average Bonchev–Trinajstić information content (AvgIpc) is 3.17.